The first-order chi connectivity index (χ1) is 12.6. The van der Waals surface area contributed by atoms with Crippen molar-refractivity contribution >= 4 is 14.3 Å². The quantitative estimate of drug-likeness (QED) is 0.387. The largest absolute Gasteiger partial charge is 0.461 e. The fourth-order valence-electron chi connectivity index (χ4n) is 4.08. The van der Waals surface area contributed by atoms with Crippen LogP contribution in [0, 0.1) is 23.2 Å². The van der Waals surface area contributed by atoms with Gasteiger partial charge in [-0.1, -0.05) is 33.8 Å². The first-order valence-corrected chi connectivity index (χ1v) is 13.8. The number of ether oxygens (including phenoxy) is 1. The Balaban J connectivity index is 2.26. The van der Waals surface area contributed by atoms with Gasteiger partial charge in [0.05, 0.1) is 11.5 Å². The van der Waals surface area contributed by atoms with Crippen molar-refractivity contribution in [2.45, 2.75) is 98.1 Å². The fourth-order valence-corrected chi connectivity index (χ4v) is 5.12. The SMILES string of the molecule is C[C@H]1C[C@H](O)C2=CCC[C@H](OC(=O)C(C)(C)C)[C@@H]2[C@H]1CO[Si](C)(C)C(C)(C)C. The highest BCUT2D eigenvalue weighted by Crippen LogP contribution is 2.46. The number of esters is 1. The summed E-state index contributed by atoms with van der Waals surface area (Å²) in [5.74, 6) is 0.497. The van der Waals surface area contributed by atoms with Gasteiger partial charge in [-0.25, -0.2) is 0 Å². The van der Waals surface area contributed by atoms with E-state index in [1.54, 1.807) is 0 Å². The molecule has 0 bridgehead atoms. The standard InChI is InChI=1S/C23H42O4Si/c1-15-13-18(24)16-11-10-12-19(27-21(25)22(2,3)4)20(16)17(15)14-26-28(8,9)23(5,6)7/h11,15,17-20,24H,10,12-14H2,1-9H3/t15-,17-,18-,19-,20-/m0/s1. The van der Waals surface area contributed by atoms with Gasteiger partial charge in [-0.3, -0.25) is 4.79 Å². The number of carbonyl (C=O) groups is 1. The lowest BCUT2D eigenvalue weighted by atomic mass is 9.64. The van der Waals surface area contributed by atoms with Gasteiger partial charge in [-0.15, -0.1) is 0 Å². The molecule has 0 radical (unpaired) electrons. The summed E-state index contributed by atoms with van der Waals surface area (Å²) < 4.78 is 12.6. The third-order valence-corrected chi connectivity index (χ3v) is 11.6. The summed E-state index contributed by atoms with van der Waals surface area (Å²) in [5.41, 5.74) is 0.549. The second-order valence-electron chi connectivity index (χ2n) is 11.5. The van der Waals surface area contributed by atoms with E-state index in [0.717, 1.165) is 24.8 Å². The molecule has 0 aromatic rings. The number of hydrogen-bond donors (Lipinski definition) is 1. The molecule has 1 N–H and O–H groups in total. The van der Waals surface area contributed by atoms with Crippen molar-refractivity contribution in [3.05, 3.63) is 11.6 Å². The van der Waals surface area contributed by atoms with Crippen molar-refractivity contribution < 1.29 is 19.1 Å². The number of allylic oxidation sites excluding steroid dienone is 1. The Hall–Kier alpha value is -0.653. The Morgan fingerprint density at radius 3 is 2.36 bits per heavy atom. The fraction of sp³-hybridized carbons (Fsp3) is 0.870. The number of aliphatic hydroxyl groups is 1. The Labute approximate surface area is 173 Å². The third-order valence-electron chi connectivity index (χ3n) is 7.10. The molecule has 2 aliphatic carbocycles. The van der Waals surface area contributed by atoms with E-state index < -0.39 is 19.8 Å². The molecule has 0 unspecified atom stereocenters. The zero-order valence-electron chi connectivity index (χ0n) is 19.5. The van der Waals surface area contributed by atoms with Crippen LogP contribution in [0.2, 0.25) is 18.1 Å². The maximum Gasteiger partial charge on any atom is 0.311 e. The Morgan fingerprint density at radius 2 is 1.82 bits per heavy atom. The van der Waals surface area contributed by atoms with Gasteiger partial charge in [-0.05, 0) is 75.6 Å². The second kappa shape index (κ2) is 8.23. The molecule has 0 spiro atoms. The molecule has 5 atom stereocenters. The molecule has 28 heavy (non-hydrogen) atoms. The third kappa shape index (κ3) is 5.09. The van der Waals surface area contributed by atoms with E-state index in [1.807, 2.05) is 20.8 Å². The first kappa shape index (κ1) is 23.6. The molecule has 0 saturated heterocycles. The van der Waals surface area contributed by atoms with Crippen molar-refractivity contribution in [2.75, 3.05) is 6.61 Å². The highest BCUT2D eigenvalue weighted by atomic mass is 28.4. The summed E-state index contributed by atoms with van der Waals surface area (Å²) in [7, 11) is -1.87. The number of hydrogen-bond acceptors (Lipinski definition) is 4. The minimum Gasteiger partial charge on any atom is -0.461 e. The number of fused-ring (bicyclic) bond motifs is 1. The van der Waals surface area contributed by atoms with Crippen molar-refractivity contribution in [3.8, 4) is 0 Å². The molecular weight excluding hydrogens is 368 g/mol. The summed E-state index contributed by atoms with van der Waals surface area (Å²) in [6, 6.07) is 0. The summed E-state index contributed by atoms with van der Waals surface area (Å²) in [5, 5.41) is 10.9. The van der Waals surface area contributed by atoms with Gasteiger partial charge in [0.2, 0.25) is 0 Å². The molecule has 0 amide bonds. The smallest absolute Gasteiger partial charge is 0.311 e. The molecule has 2 rings (SSSR count). The summed E-state index contributed by atoms with van der Waals surface area (Å²) in [6.45, 7) is 19.9. The van der Waals surface area contributed by atoms with Gasteiger partial charge in [0.25, 0.3) is 0 Å². The van der Waals surface area contributed by atoms with Crippen LogP contribution in [0.4, 0.5) is 0 Å². The lowest BCUT2D eigenvalue weighted by Crippen LogP contribution is -2.50. The molecule has 0 aromatic heterocycles. The molecule has 0 heterocycles. The molecule has 4 nitrogen and oxygen atoms in total. The van der Waals surface area contributed by atoms with E-state index in [0.29, 0.717) is 12.5 Å². The predicted octanol–water partition coefficient (Wildman–Crippen LogP) is 5.32. The molecule has 1 fully saturated rings. The van der Waals surface area contributed by atoms with Crippen LogP contribution in [-0.4, -0.2) is 38.2 Å². The molecule has 0 aromatic carbocycles. The average molecular weight is 411 g/mol. The normalized spacial score (nSPS) is 31.8. The van der Waals surface area contributed by atoms with Crippen LogP contribution in [-0.2, 0) is 14.0 Å². The Morgan fingerprint density at radius 1 is 1.21 bits per heavy atom. The van der Waals surface area contributed by atoms with Crippen LogP contribution >= 0.6 is 0 Å². The molecule has 2 aliphatic rings. The van der Waals surface area contributed by atoms with Gasteiger partial charge >= 0.3 is 5.97 Å². The Kier molecular flexibility index (Phi) is 6.95. The summed E-state index contributed by atoms with van der Waals surface area (Å²) in [6.07, 6.45) is 4.02. The molecule has 5 heteroatoms. The number of aliphatic hydroxyl groups excluding tert-OH is 1. The van der Waals surface area contributed by atoms with Gasteiger partial charge in [0.15, 0.2) is 8.32 Å². The van der Waals surface area contributed by atoms with Gasteiger partial charge in [-0.2, -0.15) is 0 Å². The van der Waals surface area contributed by atoms with Gasteiger partial charge < -0.3 is 14.3 Å². The minimum absolute atomic E-state index is 0.0589. The average Bonchev–Trinajstić information content (AvgIpc) is 2.53. The number of rotatable bonds is 4. The van der Waals surface area contributed by atoms with Crippen LogP contribution in [0.5, 0.6) is 0 Å². The lowest BCUT2D eigenvalue weighted by Gasteiger charge is -2.47. The summed E-state index contributed by atoms with van der Waals surface area (Å²) >= 11 is 0. The van der Waals surface area contributed by atoms with E-state index in [9.17, 15) is 9.90 Å². The van der Waals surface area contributed by atoms with Crippen LogP contribution in [0.3, 0.4) is 0 Å². The molecule has 0 aliphatic heterocycles. The highest BCUT2D eigenvalue weighted by molar-refractivity contribution is 6.74. The van der Waals surface area contributed by atoms with Gasteiger partial charge in [0.1, 0.15) is 6.10 Å². The summed E-state index contributed by atoms with van der Waals surface area (Å²) in [4.78, 5) is 12.6. The Bertz CT molecular complexity index is 597. The topological polar surface area (TPSA) is 55.8 Å². The monoisotopic (exact) mass is 410 g/mol. The minimum atomic E-state index is -1.87. The van der Waals surface area contributed by atoms with Crippen molar-refractivity contribution in [3.63, 3.8) is 0 Å². The van der Waals surface area contributed by atoms with E-state index in [4.69, 9.17) is 9.16 Å². The van der Waals surface area contributed by atoms with Gasteiger partial charge in [0, 0.05) is 12.5 Å². The lowest BCUT2D eigenvalue weighted by molar-refractivity contribution is -0.164. The van der Waals surface area contributed by atoms with Crippen LogP contribution in [0.25, 0.3) is 0 Å². The molecular formula is C23H42O4Si. The molecule has 1 saturated carbocycles. The maximum absolute atomic E-state index is 12.6. The van der Waals surface area contributed by atoms with Crippen molar-refractivity contribution in [1.82, 2.24) is 0 Å². The first-order valence-electron chi connectivity index (χ1n) is 10.9. The van der Waals surface area contributed by atoms with E-state index in [2.05, 4.69) is 46.9 Å². The molecule has 162 valence electrons. The van der Waals surface area contributed by atoms with Crippen molar-refractivity contribution in [2.24, 2.45) is 23.2 Å². The maximum atomic E-state index is 12.6. The zero-order valence-corrected chi connectivity index (χ0v) is 20.5. The van der Waals surface area contributed by atoms with E-state index >= 15 is 0 Å². The van der Waals surface area contributed by atoms with Crippen LogP contribution in [0.1, 0.15) is 67.7 Å². The van der Waals surface area contributed by atoms with Crippen LogP contribution < -0.4 is 0 Å². The van der Waals surface area contributed by atoms with E-state index in [1.165, 1.54) is 0 Å². The zero-order chi connectivity index (χ0) is 21.5. The second-order valence-corrected chi connectivity index (χ2v) is 16.3. The van der Waals surface area contributed by atoms with E-state index in [-0.39, 0.29) is 28.9 Å². The highest BCUT2D eigenvalue weighted by Gasteiger charge is 2.47. The number of carbonyl (C=O) groups excluding carboxylic acids is 1. The van der Waals surface area contributed by atoms with Crippen LogP contribution in [0.15, 0.2) is 11.6 Å². The predicted molar refractivity (Wildman–Crippen MR) is 117 cm³/mol. The van der Waals surface area contributed by atoms with Crippen molar-refractivity contribution in [1.29, 1.82) is 0 Å².